The molecule has 15 heavy (non-hydrogen) atoms. The van der Waals surface area contributed by atoms with Gasteiger partial charge in [0.2, 0.25) is 0 Å². The van der Waals surface area contributed by atoms with Gasteiger partial charge in [-0.15, -0.1) is 0 Å². The molecule has 0 aromatic heterocycles. The summed E-state index contributed by atoms with van der Waals surface area (Å²) in [6.45, 7) is 4.70. The predicted molar refractivity (Wildman–Crippen MR) is 74.0 cm³/mol. The Morgan fingerprint density at radius 1 is 1.33 bits per heavy atom. The fraction of sp³-hybridized carbons (Fsp3) is 0.500. The smallest absolute Gasteiger partial charge is 0.134 e. The van der Waals surface area contributed by atoms with Crippen LogP contribution in [0, 0.1) is 0 Å². The van der Waals surface area contributed by atoms with E-state index in [0.717, 1.165) is 6.04 Å². The maximum absolute atomic E-state index is 2.79. The van der Waals surface area contributed by atoms with Crippen molar-refractivity contribution in [1.29, 1.82) is 0 Å². The highest BCUT2D eigenvalue weighted by atomic mass is 28.4. The second-order valence-electron chi connectivity index (χ2n) is 4.58. The lowest BCUT2D eigenvalue weighted by Gasteiger charge is -2.42. The van der Waals surface area contributed by atoms with Gasteiger partial charge in [0.15, 0.2) is 0 Å². The largest absolute Gasteiger partial charge is 0.398 e. The number of rotatable bonds is 4. The number of hydrogen-bond donors (Lipinski definition) is 0. The van der Waals surface area contributed by atoms with E-state index in [4.69, 9.17) is 0 Å². The first kappa shape index (κ1) is 11.0. The Morgan fingerprint density at radius 3 is 2.47 bits per heavy atom. The molecular formula is C12H21NSi2. The fourth-order valence-corrected chi connectivity index (χ4v) is 9.13. The van der Waals surface area contributed by atoms with Crippen molar-refractivity contribution in [3.63, 3.8) is 0 Å². The molecule has 1 saturated heterocycles. The van der Waals surface area contributed by atoms with Gasteiger partial charge in [-0.2, -0.15) is 0 Å². The van der Waals surface area contributed by atoms with E-state index in [1.54, 1.807) is 11.3 Å². The summed E-state index contributed by atoms with van der Waals surface area (Å²) in [6, 6.07) is 11.8. The van der Waals surface area contributed by atoms with Gasteiger partial charge in [-0.1, -0.05) is 36.5 Å². The molecule has 0 N–H and O–H groups in total. The molecule has 2 rings (SSSR count). The van der Waals surface area contributed by atoms with Crippen LogP contribution in [-0.2, 0) is 0 Å². The first-order chi connectivity index (χ1) is 7.33. The van der Waals surface area contributed by atoms with Gasteiger partial charge < -0.3 is 4.57 Å². The molecule has 1 unspecified atom stereocenters. The lowest BCUT2D eigenvalue weighted by Crippen LogP contribution is -2.51. The van der Waals surface area contributed by atoms with Crippen molar-refractivity contribution in [2.45, 2.75) is 37.6 Å². The molecule has 0 amide bonds. The molecule has 0 spiro atoms. The summed E-state index contributed by atoms with van der Waals surface area (Å²) in [5, 5.41) is 0. The standard InChI is InChI=1S/C12H21NSi2/c1-3-11(2)13(15-9-14-10-15)12-7-5-4-6-8-12/h4-8,11,15H,3,9-10,14H2,1-2H3. The van der Waals surface area contributed by atoms with Gasteiger partial charge in [-0.25, -0.2) is 0 Å². The van der Waals surface area contributed by atoms with Gasteiger partial charge >= 0.3 is 0 Å². The number of anilines is 1. The monoisotopic (exact) mass is 235 g/mol. The van der Waals surface area contributed by atoms with Crippen molar-refractivity contribution >= 4 is 24.2 Å². The van der Waals surface area contributed by atoms with Crippen LogP contribution in [0.25, 0.3) is 0 Å². The first-order valence-electron chi connectivity index (χ1n) is 6.16. The normalized spacial score (nSPS) is 23.5. The molecule has 1 aliphatic heterocycles. The van der Waals surface area contributed by atoms with E-state index in [1.165, 1.54) is 12.1 Å². The molecule has 1 aromatic carbocycles. The number of para-hydroxylation sites is 1. The third-order valence-corrected chi connectivity index (χ3v) is 13.8. The second-order valence-corrected chi connectivity index (χ2v) is 11.8. The van der Waals surface area contributed by atoms with E-state index in [1.807, 2.05) is 0 Å². The molecule has 0 saturated carbocycles. The Bertz CT molecular complexity index is 293. The van der Waals surface area contributed by atoms with Crippen LogP contribution < -0.4 is 4.57 Å². The molecule has 1 fully saturated rings. The highest BCUT2D eigenvalue weighted by Crippen LogP contribution is 2.26. The molecule has 0 bridgehead atoms. The lowest BCUT2D eigenvalue weighted by atomic mass is 10.2. The Labute approximate surface area is 97.0 Å². The van der Waals surface area contributed by atoms with Crippen LogP contribution in [0.5, 0.6) is 0 Å². The maximum atomic E-state index is 2.79. The van der Waals surface area contributed by atoms with Crippen molar-refractivity contribution in [2.24, 2.45) is 0 Å². The summed E-state index contributed by atoms with van der Waals surface area (Å²) in [7, 11) is -0.133. The summed E-state index contributed by atoms with van der Waals surface area (Å²) in [5.74, 6) is 0. The molecule has 1 aromatic rings. The van der Waals surface area contributed by atoms with Gasteiger partial charge in [0.25, 0.3) is 0 Å². The van der Waals surface area contributed by atoms with Gasteiger partial charge in [-0.3, -0.25) is 0 Å². The van der Waals surface area contributed by atoms with Gasteiger partial charge in [0, 0.05) is 21.2 Å². The summed E-state index contributed by atoms with van der Waals surface area (Å²) >= 11 is 0. The van der Waals surface area contributed by atoms with Gasteiger partial charge in [0.05, 0.1) is 0 Å². The van der Waals surface area contributed by atoms with Crippen molar-refractivity contribution in [1.82, 2.24) is 0 Å². The molecule has 82 valence electrons. The Balaban J connectivity index is 2.18. The second kappa shape index (κ2) is 4.99. The summed E-state index contributed by atoms with van der Waals surface area (Å²) in [5.41, 5.74) is 4.79. The van der Waals surface area contributed by atoms with Gasteiger partial charge in [0.1, 0.15) is 8.96 Å². The third-order valence-electron chi connectivity index (χ3n) is 3.59. The zero-order valence-electron chi connectivity index (χ0n) is 9.82. The van der Waals surface area contributed by atoms with E-state index in [9.17, 15) is 0 Å². The average molecular weight is 235 g/mol. The molecule has 1 atom stereocenters. The SMILES string of the molecule is CCC(C)N(c1ccccc1)[SiH]1C[SiH2]C1. The molecular weight excluding hydrogens is 214 g/mol. The quantitative estimate of drug-likeness (QED) is 0.723. The Kier molecular flexibility index (Phi) is 3.64. The van der Waals surface area contributed by atoms with Crippen molar-refractivity contribution in [3.8, 4) is 0 Å². The van der Waals surface area contributed by atoms with E-state index in [2.05, 4.69) is 48.7 Å². The predicted octanol–water partition coefficient (Wildman–Crippen LogP) is 2.11. The topological polar surface area (TPSA) is 3.24 Å². The van der Waals surface area contributed by atoms with E-state index in [0.29, 0.717) is 9.52 Å². The molecule has 1 heterocycles. The van der Waals surface area contributed by atoms with Crippen LogP contribution in [0.15, 0.2) is 30.3 Å². The van der Waals surface area contributed by atoms with Crippen LogP contribution in [0.3, 0.4) is 0 Å². The lowest BCUT2D eigenvalue weighted by molar-refractivity contribution is 0.704. The summed E-state index contributed by atoms with van der Waals surface area (Å²) < 4.78 is 2.79. The van der Waals surface area contributed by atoms with Crippen molar-refractivity contribution in [2.75, 3.05) is 4.57 Å². The summed E-state index contributed by atoms with van der Waals surface area (Å²) in [6.07, 6.45) is 1.28. The molecule has 3 heteroatoms. The minimum Gasteiger partial charge on any atom is -0.398 e. The molecule has 1 aliphatic rings. The van der Waals surface area contributed by atoms with Gasteiger partial charge in [-0.05, 0) is 25.5 Å². The Hall–Kier alpha value is -0.546. The van der Waals surface area contributed by atoms with Crippen LogP contribution in [0.1, 0.15) is 20.3 Å². The number of hydrogen-bond acceptors (Lipinski definition) is 1. The fourth-order valence-electron chi connectivity index (χ4n) is 2.29. The molecule has 0 radical (unpaired) electrons. The number of nitrogens with zero attached hydrogens (tertiary/aromatic N) is 1. The summed E-state index contributed by atoms with van der Waals surface area (Å²) in [4.78, 5) is 0. The third kappa shape index (κ3) is 2.34. The Morgan fingerprint density at radius 2 is 2.00 bits per heavy atom. The average Bonchev–Trinajstić information content (AvgIpc) is 2.23. The van der Waals surface area contributed by atoms with Crippen molar-refractivity contribution < 1.29 is 0 Å². The highest BCUT2D eigenvalue weighted by Gasteiger charge is 2.29. The highest BCUT2D eigenvalue weighted by molar-refractivity contribution is 6.88. The molecule has 0 aliphatic carbocycles. The van der Waals surface area contributed by atoms with Crippen LogP contribution in [0.4, 0.5) is 5.69 Å². The minimum absolute atomic E-state index is 0.390. The van der Waals surface area contributed by atoms with E-state index >= 15 is 0 Å². The van der Waals surface area contributed by atoms with Crippen LogP contribution in [0.2, 0.25) is 11.3 Å². The van der Waals surface area contributed by atoms with Crippen molar-refractivity contribution in [3.05, 3.63) is 30.3 Å². The molecule has 1 nitrogen and oxygen atoms in total. The van der Waals surface area contributed by atoms with E-state index < -0.39 is 8.96 Å². The minimum atomic E-state index is -0.523. The first-order valence-corrected chi connectivity index (χ1v) is 10.3. The van der Waals surface area contributed by atoms with Crippen LogP contribution in [-0.4, -0.2) is 24.5 Å². The maximum Gasteiger partial charge on any atom is 0.134 e. The zero-order valence-corrected chi connectivity index (χ0v) is 12.4. The number of benzene rings is 1. The van der Waals surface area contributed by atoms with Crippen LogP contribution >= 0.6 is 0 Å². The van der Waals surface area contributed by atoms with E-state index in [-0.39, 0.29) is 0 Å². The zero-order chi connectivity index (χ0) is 10.7.